The molecule has 21 heavy (non-hydrogen) atoms. The van der Waals surface area contributed by atoms with Crippen LogP contribution in [0.4, 0.5) is 5.69 Å². The largest absolute Gasteiger partial charge is 0.271 e. The zero-order valence-corrected chi connectivity index (χ0v) is 12.9. The van der Waals surface area contributed by atoms with E-state index in [1.807, 2.05) is 6.07 Å². The van der Waals surface area contributed by atoms with Gasteiger partial charge in [0.1, 0.15) is 0 Å². The summed E-state index contributed by atoms with van der Waals surface area (Å²) in [5.74, 6) is -0.313. The Morgan fingerprint density at radius 2 is 1.95 bits per heavy atom. The maximum atomic E-state index is 11.8. The van der Waals surface area contributed by atoms with Gasteiger partial charge in [-0.3, -0.25) is 14.9 Å². The molecule has 0 aliphatic rings. The van der Waals surface area contributed by atoms with Crippen LogP contribution in [0.5, 0.6) is 0 Å². The third kappa shape index (κ3) is 4.35. The minimum atomic E-state index is -0.473. The van der Waals surface area contributed by atoms with Crippen LogP contribution in [0.2, 0.25) is 0 Å². The van der Waals surface area contributed by atoms with Crippen molar-refractivity contribution in [2.45, 2.75) is 0 Å². The second kappa shape index (κ2) is 6.93. The number of nitrogens with zero attached hydrogens (tertiary/aromatic N) is 2. The van der Waals surface area contributed by atoms with Crippen LogP contribution in [0.25, 0.3) is 0 Å². The standard InChI is InChI=1S/C14H10IN3O3/c15-12-3-1-2-11(8-12)14(19)17-16-9-10-4-6-13(7-5-10)18(20)21/h1-9H,(H,17,19)/b16-9-. The monoisotopic (exact) mass is 395 g/mol. The first-order chi connectivity index (χ1) is 10.1. The van der Waals surface area contributed by atoms with Crippen LogP contribution >= 0.6 is 22.6 Å². The van der Waals surface area contributed by atoms with E-state index < -0.39 is 4.92 Å². The lowest BCUT2D eigenvalue weighted by atomic mass is 10.2. The molecule has 0 radical (unpaired) electrons. The number of hydrogen-bond donors (Lipinski definition) is 1. The number of nitro groups is 1. The van der Waals surface area contributed by atoms with Crippen molar-refractivity contribution in [3.8, 4) is 0 Å². The fourth-order valence-electron chi connectivity index (χ4n) is 1.54. The van der Waals surface area contributed by atoms with Gasteiger partial charge in [0.15, 0.2) is 0 Å². The summed E-state index contributed by atoms with van der Waals surface area (Å²) in [7, 11) is 0. The Bertz CT molecular complexity index is 699. The van der Waals surface area contributed by atoms with Crippen molar-refractivity contribution in [1.82, 2.24) is 5.43 Å². The van der Waals surface area contributed by atoms with Crippen molar-refractivity contribution in [3.05, 3.63) is 73.3 Å². The SMILES string of the molecule is O=C(N/N=C\c1ccc([N+](=O)[O-])cc1)c1cccc(I)c1. The first kappa shape index (κ1) is 15.1. The lowest BCUT2D eigenvalue weighted by Crippen LogP contribution is -2.17. The minimum Gasteiger partial charge on any atom is -0.267 e. The van der Waals surface area contributed by atoms with Gasteiger partial charge in [-0.05, 0) is 58.5 Å². The van der Waals surface area contributed by atoms with E-state index in [1.54, 1.807) is 30.3 Å². The van der Waals surface area contributed by atoms with Crippen molar-refractivity contribution < 1.29 is 9.72 Å². The minimum absolute atomic E-state index is 0.00930. The zero-order valence-electron chi connectivity index (χ0n) is 10.7. The van der Waals surface area contributed by atoms with E-state index in [0.29, 0.717) is 11.1 Å². The highest BCUT2D eigenvalue weighted by atomic mass is 127. The fourth-order valence-corrected chi connectivity index (χ4v) is 2.08. The number of amides is 1. The van der Waals surface area contributed by atoms with E-state index in [9.17, 15) is 14.9 Å². The molecule has 0 atom stereocenters. The van der Waals surface area contributed by atoms with E-state index >= 15 is 0 Å². The summed E-state index contributed by atoms with van der Waals surface area (Å²) in [4.78, 5) is 21.9. The molecule has 0 spiro atoms. The normalized spacial score (nSPS) is 10.5. The Balaban J connectivity index is 1.99. The van der Waals surface area contributed by atoms with Crippen molar-refractivity contribution in [2.75, 3.05) is 0 Å². The number of carbonyl (C=O) groups excluding carboxylic acids is 1. The molecule has 2 aromatic carbocycles. The fraction of sp³-hybridized carbons (Fsp3) is 0. The van der Waals surface area contributed by atoms with Gasteiger partial charge in [-0.1, -0.05) is 6.07 Å². The number of halogens is 1. The highest BCUT2D eigenvalue weighted by molar-refractivity contribution is 14.1. The molecule has 6 nitrogen and oxygen atoms in total. The lowest BCUT2D eigenvalue weighted by molar-refractivity contribution is -0.384. The lowest BCUT2D eigenvalue weighted by Gasteiger charge is -2.00. The first-order valence-electron chi connectivity index (χ1n) is 5.90. The van der Waals surface area contributed by atoms with Gasteiger partial charge in [-0.15, -0.1) is 0 Å². The second-order valence-corrected chi connectivity index (χ2v) is 5.30. The number of non-ortho nitro benzene ring substituents is 1. The first-order valence-corrected chi connectivity index (χ1v) is 6.97. The van der Waals surface area contributed by atoms with Crippen LogP contribution in [0.1, 0.15) is 15.9 Å². The maximum absolute atomic E-state index is 11.8. The van der Waals surface area contributed by atoms with Crippen LogP contribution < -0.4 is 5.43 Å². The quantitative estimate of drug-likeness (QED) is 0.374. The third-order valence-electron chi connectivity index (χ3n) is 2.57. The number of benzene rings is 2. The van der Waals surface area contributed by atoms with Gasteiger partial charge in [0.2, 0.25) is 0 Å². The van der Waals surface area contributed by atoms with Gasteiger partial charge in [-0.25, -0.2) is 5.43 Å². The number of nitro benzene ring substituents is 1. The van der Waals surface area contributed by atoms with Crippen molar-refractivity contribution in [2.24, 2.45) is 5.10 Å². The highest BCUT2D eigenvalue weighted by Crippen LogP contribution is 2.10. The van der Waals surface area contributed by atoms with Crippen LogP contribution in [-0.4, -0.2) is 17.0 Å². The second-order valence-electron chi connectivity index (χ2n) is 4.06. The zero-order chi connectivity index (χ0) is 15.2. The molecule has 1 amide bonds. The van der Waals surface area contributed by atoms with E-state index in [0.717, 1.165) is 3.57 Å². The number of nitrogens with one attached hydrogen (secondary N) is 1. The molecular formula is C14H10IN3O3. The van der Waals surface area contributed by atoms with Crippen LogP contribution in [0.15, 0.2) is 53.6 Å². The smallest absolute Gasteiger partial charge is 0.267 e. The summed E-state index contributed by atoms with van der Waals surface area (Å²) in [5, 5.41) is 14.3. The van der Waals surface area contributed by atoms with Gasteiger partial charge >= 0.3 is 0 Å². The van der Waals surface area contributed by atoms with Crippen LogP contribution in [0.3, 0.4) is 0 Å². The molecule has 106 valence electrons. The summed E-state index contributed by atoms with van der Waals surface area (Å²) in [5.41, 5.74) is 3.59. The maximum Gasteiger partial charge on any atom is 0.271 e. The third-order valence-corrected chi connectivity index (χ3v) is 3.24. The Morgan fingerprint density at radius 1 is 1.24 bits per heavy atom. The van der Waals surface area contributed by atoms with Crippen molar-refractivity contribution in [3.63, 3.8) is 0 Å². The number of carbonyl (C=O) groups is 1. The Hall–Kier alpha value is -2.29. The summed E-state index contributed by atoms with van der Waals surface area (Å²) < 4.78 is 0.958. The predicted octanol–water partition coefficient (Wildman–Crippen LogP) is 2.96. The highest BCUT2D eigenvalue weighted by Gasteiger charge is 2.04. The van der Waals surface area contributed by atoms with Crippen molar-refractivity contribution >= 4 is 40.4 Å². The summed E-state index contributed by atoms with van der Waals surface area (Å²) in [6, 6.07) is 13.0. The summed E-state index contributed by atoms with van der Waals surface area (Å²) in [6.45, 7) is 0. The molecule has 0 heterocycles. The molecule has 2 aromatic rings. The van der Waals surface area contributed by atoms with E-state index in [-0.39, 0.29) is 11.6 Å². The Morgan fingerprint density at radius 3 is 2.57 bits per heavy atom. The van der Waals surface area contributed by atoms with E-state index in [1.165, 1.54) is 18.3 Å². The molecule has 1 N–H and O–H groups in total. The topological polar surface area (TPSA) is 84.6 Å². The average molecular weight is 395 g/mol. The van der Waals surface area contributed by atoms with Crippen LogP contribution in [0, 0.1) is 13.7 Å². The van der Waals surface area contributed by atoms with Gasteiger partial charge in [0.05, 0.1) is 11.1 Å². The van der Waals surface area contributed by atoms with Gasteiger partial charge in [0, 0.05) is 21.3 Å². The molecule has 0 saturated carbocycles. The molecule has 0 aliphatic carbocycles. The molecule has 2 rings (SSSR count). The molecule has 0 bridgehead atoms. The average Bonchev–Trinajstić information content (AvgIpc) is 2.47. The summed E-state index contributed by atoms with van der Waals surface area (Å²) >= 11 is 2.12. The van der Waals surface area contributed by atoms with E-state index in [4.69, 9.17) is 0 Å². The Kier molecular flexibility index (Phi) is 4.99. The molecule has 0 unspecified atom stereocenters. The van der Waals surface area contributed by atoms with Gasteiger partial charge in [0.25, 0.3) is 11.6 Å². The molecule has 0 saturated heterocycles. The number of rotatable bonds is 4. The molecule has 0 aromatic heterocycles. The molecule has 7 heteroatoms. The van der Waals surface area contributed by atoms with Gasteiger partial charge < -0.3 is 0 Å². The summed E-state index contributed by atoms with van der Waals surface area (Å²) in [6.07, 6.45) is 1.43. The molecule has 0 aliphatic heterocycles. The number of hydrazone groups is 1. The number of hydrogen-bond acceptors (Lipinski definition) is 4. The van der Waals surface area contributed by atoms with Crippen LogP contribution in [-0.2, 0) is 0 Å². The van der Waals surface area contributed by atoms with Crippen molar-refractivity contribution in [1.29, 1.82) is 0 Å². The molecule has 0 fully saturated rings. The molecular weight excluding hydrogens is 385 g/mol. The Labute approximate surface area is 134 Å². The predicted molar refractivity (Wildman–Crippen MR) is 87.3 cm³/mol. The van der Waals surface area contributed by atoms with E-state index in [2.05, 4.69) is 33.1 Å². The van der Waals surface area contributed by atoms with Gasteiger partial charge in [-0.2, -0.15) is 5.10 Å².